The van der Waals surface area contributed by atoms with E-state index in [9.17, 15) is 4.79 Å². The summed E-state index contributed by atoms with van der Waals surface area (Å²) in [5.41, 5.74) is 0. The predicted molar refractivity (Wildman–Crippen MR) is 74.2 cm³/mol. The number of likely N-dealkylation sites (tertiary alicyclic amines) is 1. The summed E-state index contributed by atoms with van der Waals surface area (Å²) in [6, 6.07) is 0.579. The molecule has 106 valence electrons. The van der Waals surface area contributed by atoms with E-state index in [4.69, 9.17) is 16.3 Å². The molecule has 1 unspecified atom stereocenters. The predicted octanol–water partition coefficient (Wildman–Crippen LogP) is 2.45. The fourth-order valence-electron chi connectivity index (χ4n) is 2.19. The lowest BCUT2D eigenvalue weighted by Gasteiger charge is -2.18. The third-order valence-corrected chi connectivity index (χ3v) is 4.62. The van der Waals surface area contributed by atoms with Crippen LogP contribution < -0.4 is 4.74 Å². The van der Waals surface area contributed by atoms with Crippen molar-refractivity contribution < 1.29 is 14.3 Å². The molecule has 2 heterocycles. The third-order valence-electron chi connectivity index (χ3n) is 3.29. The van der Waals surface area contributed by atoms with Crippen LogP contribution in [0.1, 0.15) is 28.9 Å². The molecule has 1 aromatic rings. The number of halogens is 1. The van der Waals surface area contributed by atoms with Gasteiger partial charge in [-0.15, -0.1) is 0 Å². The Labute approximate surface area is 121 Å². The van der Waals surface area contributed by atoms with E-state index in [2.05, 4.69) is 21.7 Å². The Kier molecular flexibility index (Phi) is 5.01. The van der Waals surface area contributed by atoms with E-state index < -0.39 is 5.97 Å². The van der Waals surface area contributed by atoms with Gasteiger partial charge in [0.05, 0.1) is 13.7 Å². The molecule has 0 N–H and O–H groups in total. The van der Waals surface area contributed by atoms with E-state index in [0.717, 1.165) is 24.3 Å². The summed E-state index contributed by atoms with van der Waals surface area (Å²) in [5, 5.41) is 0.566. The molecule has 2 rings (SSSR count). The zero-order valence-electron chi connectivity index (χ0n) is 11.0. The van der Waals surface area contributed by atoms with Crippen molar-refractivity contribution in [3.8, 4) is 5.19 Å². The number of nitrogens with zero attached hydrogens (tertiary/aromatic N) is 2. The molecule has 0 spiro atoms. The van der Waals surface area contributed by atoms with Gasteiger partial charge in [-0.2, -0.15) is 4.98 Å². The maximum Gasteiger partial charge on any atom is 0.351 e. The number of carbonyl (C=O) groups excluding carboxylic acids is 1. The van der Waals surface area contributed by atoms with Crippen molar-refractivity contribution in [3.63, 3.8) is 0 Å². The minimum absolute atomic E-state index is 0.143. The molecule has 0 aliphatic carbocycles. The number of thiazole rings is 1. The fourth-order valence-corrected chi connectivity index (χ4v) is 3.26. The van der Waals surface area contributed by atoms with Crippen molar-refractivity contribution in [1.29, 1.82) is 0 Å². The number of aromatic nitrogens is 1. The Morgan fingerprint density at radius 2 is 2.42 bits per heavy atom. The Hall–Kier alpha value is -0.850. The maximum absolute atomic E-state index is 11.4. The lowest BCUT2D eigenvalue weighted by atomic mass is 10.2. The van der Waals surface area contributed by atoms with Crippen LogP contribution in [-0.4, -0.2) is 49.2 Å². The fraction of sp³-hybridized carbons (Fsp3) is 0.667. The Bertz CT molecular complexity index is 452. The molecule has 0 radical (unpaired) electrons. The highest BCUT2D eigenvalue weighted by Crippen LogP contribution is 2.29. The van der Waals surface area contributed by atoms with E-state index in [1.54, 1.807) is 0 Å². The Balaban J connectivity index is 1.84. The molecule has 19 heavy (non-hydrogen) atoms. The van der Waals surface area contributed by atoms with E-state index in [-0.39, 0.29) is 10.0 Å². The van der Waals surface area contributed by atoms with Crippen molar-refractivity contribution in [2.24, 2.45) is 0 Å². The van der Waals surface area contributed by atoms with E-state index in [1.807, 2.05) is 0 Å². The average molecular weight is 305 g/mol. The highest BCUT2D eigenvalue weighted by molar-refractivity contribution is 7.15. The number of rotatable bonds is 5. The van der Waals surface area contributed by atoms with Gasteiger partial charge in [0.15, 0.2) is 10.0 Å². The molecule has 1 aromatic heterocycles. The Morgan fingerprint density at radius 3 is 3.05 bits per heavy atom. The van der Waals surface area contributed by atoms with Crippen LogP contribution in [0.5, 0.6) is 5.19 Å². The van der Waals surface area contributed by atoms with Crippen molar-refractivity contribution in [2.45, 2.75) is 25.3 Å². The van der Waals surface area contributed by atoms with Crippen LogP contribution in [0.4, 0.5) is 0 Å². The van der Waals surface area contributed by atoms with Crippen LogP contribution in [0.2, 0.25) is 5.15 Å². The first-order chi connectivity index (χ1) is 9.11. The number of hydrogen-bond donors (Lipinski definition) is 0. The summed E-state index contributed by atoms with van der Waals surface area (Å²) in [4.78, 5) is 18.0. The summed E-state index contributed by atoms with van der Waals surface area (Å²) in [5.74, 6) is -0.479. The monoisotopic (exact) mass is 304 g/mol. The second kappa shape index (κ2) is 6.54. The van der Waals surface area contributed by atoms with E-state index >= 15 is 0 Å². The van der Waals surface area contributed by atoms with Crippen LogP contribution in [0.3, 0.4) is 0 Å². The highest BCUT2D eigenvalue weighted by Gasteiger charge is 2.21. The molecule has 0 aromatic carbocycles. The first-order valence-corrected chi connectivity index (χ1v) is 7.39. The van der Waals surface area contributed by atoms with Gasteiger partial charge in [0, 0.05) is 6.04 Å². The van der Waals surface area contributed by atoms with Crippen molar-refractivity contribution in [1.82, 2.24) is 9.88 Å². The van der Waals surface area contributed by atoms with Crippen molar-refractivity contribution in [2.75, 3.05) is 27.3 Å². The largest absolute Gasteiger partial charge is 0.470 e. The summed E-state index contributed by atoms with van der Waals surface area (Å²) in [6.07, 6.45) is 3.42. The van der Waals surface area contributed by atoms with Crippen LogP contribution in [0, 0.1) is 0 Å². The molecule has 0 saturated carbocycles. The lowest BCUT2D eigenvalue weighted by molar-refractivity contribution is 0.0606. The first-order valence-electron chi connectivity index (χ1n) is 6.19. The van der Waals surface area contributed by atoms with Crippen LogP contribution >= 0.6 is 22.9 Å². The summed E-state index contributed by atoms with van der Waals surface area (Å²) < 4.78 is 10.2. The second-order valence-corrected chi connectivity index (χ2v) is 5.82. The quantitative estimate of drug-likeness (QED) is 0.782. The number of carbonyl (C=O) groups is 1. The highest BCUT2D eigenvalue weighted by atomic mass is 35.5. The minimum atomic E-state index is -0.479. The van der Waals surface area contributed by atoms with Gasteiger partial charge in [0.1, 0.15) is 0 Å². The molecule has 1 aliphatic rings. The van der Waals surface area contributed by atoms with Crippen LogP contribution in [0.25, 0.3) is 0 Å². The average Bonchev–Trinajstić information content (AvgIpc) is 2.96. The molecule has 0 amide bonds. The van der Waals surface area contributed by atoms with E-state index in [0.29, 0.717) is 17.8 Å². The topological polar surface area (TPSA) is 51.7 Å². The molecule has 1 aliphatic heterocycles. The zero-order chi connectivity index (χ0) is 13.8. The van der Waals surface area contributed by atoms with Crippen molar-refractivity contribution in [3.05, 3.63) is 10.0 Å². The lowest BCUT2D eigenvalue weighted by Crippen LogP contribution is -2.26. The smallest absolute Gasteiger partial charge is 0.351 e. The van der Waals surface area contributed by atoms with Gasteiger partial charge in [-0.25, -0.2) is 4.79 Å². The normalized spacial score (nSPS) is 19.6. The second-order valence-electron chi connectivity index (χ2n) is 4.51. The number of esters is 1. The first kappa shape index (κ1) is 14.6. The molecular formula is C12H17ClN2O3S. The van der Waals surface area contributed by atoms with Gasteiger partial charge in [-0.3, -0.25) is 0 Å². The van der Waals surface area contributed by atoms with Gasteiger partial charge in [-0.05, 0) is 32.9 Å². The molecule has 7 heteroatoms. The van der Waals surface area contributed by atoms with Crippen molar-refractivity contribution >= 4 is 28.9 Å². The van der Waals surface area contributed by atoms with Crippen LogP contribution in [0.15, 0.2) is 0 Å². The van der Waals surface area contributed by atoms with Gasteiger partial charge < -0.3 is 14.4 Å². The van der Waals surface area contributed by atoms with E-state index in [1.165, 1.54) is 20.0 Å². The third kappa shape index (κ3) is 3.58. The number of methoxy groups -OCH3 is 1. The zero-order valence-corrected chi connectivity index (χ0v) is 12.6. The van der Waals surface area contributed by atoms with Gasteiger partial charge in [-0.1, -0.05) is 22.9 Å². The molecule has 0 bridgehead atoms. The van der Waals surface area contributed by atoms with Gasteiger partial charge in [0.2, 0.25) is 0 Å². The SMILES string of the molecule is COC(=O)c1sc(OCCC2CCCN2C)nc1Cl. The molecule has 5 nitrogen and oxygen atoms in total. The number of ether oxygens (including phenoxy) is 2. The summed E-state index contributed by atoms with van der Waals surface area (Å²) in [6.45, 7) is 1.74. The number of hydrogen-bond acceptors (Lipinski definition) is 6. The minimum Gasteiger partial charge on any atom is -0.470 e. The Morgan fingerprint density at radius 1 is 1.63 bits per heavy atom. The van der Waals surface area contributed by atoms with Gasteiger partial charge >= 0.3 is 5.97 Å². The molecular weight excluding hydrogens is 288 g/mol. The van der Waals surface area contributed by atoms with Gasteiger partial charge in [0.25, 0.3) is 5.19 Å². The molecule has 1 saturated heterocycles. The summed E-state index contributed by atoms with van der Waals surface area (Å²) in [7, 11) is 3.45. The molecule has 1 fully saturated rings. The van der Waals surface area contributed by atoms with Crippen LogP contribution in [-0.2, 0) is 4.74 Å². The summed E-state index contributed by atoms with van der Waals surface area (Å²) >= 11 is 6.98. The maximum atomic E-state index is 11.4. The standard InChI is InChI=1S/C12H17ClN2O3S/c1-15-6-3-4-8(15)5-7-18-12-14-10(13)9(19-12)11(16)17-2/h8H,3-7H2,1-2H3. The molecule has 1 atom stereocenters.